The van der Waals surface area contributed by atoms with Gasteiger partial charge in [-0.3, -0.25) is 4.90 Å². The zero-order chi connectivity index (χ0) is 11.6. The zero-order valence-corrected chi connectivity index (χ0v) is 9.69. The van der Waals surface area contributed by atoms with E-state index in [1.807, 2.05) is 26.1 Å². The number of furan rings is 1. The van der Waals surface area contributed by atoms with E-state index in [4.69, 9.17) is 14.4 Å². The molecule has 0 atom stereocenters. The molecule has 0 aromatic carbocycles. The van der Waals surface area contributed by atoms with Gasteiger partial charge < -0.3 is 9.15 Å². The molecule has 1 aliphatic heterocycles. The van der Waals surface area contributed by atoms with E-state index in [9.17, 15) is 0 Å². The third-order valence-electron chi connectivity index (χ3n) is 2.79. The number of ether oxygens (including phenoxy) is 1. The van der Waals surface area contributed by atoms with Gasteiger partial charge in [0.05, 0.1) is 25.8 Å². The van der Waals surface area contributed by atoms with Crippen molar-refractivity contribution >= 4 is 0 Å². The van der Waals surface area contributed by atoms with Gasteiger partial charge in [0, 0.05) is 6.54 Å². The molecule has 0 unspecified atom stereocenters. The summed E-state index contributed by atoms with van der Waals surface area (Å²) >= 11 is 0. The lowest BCUT2D eigenvalue weighted by Gasteiger charge is -2.37. The first-order valence-corrected chi connectivity index (χ1v) is 5.36. The number of hydrogen-bond acceptors (Lipinski definition) is 4. The highest BCUT2D eigenvalue weighted by Crippen LogP contribution is 2.27. The van der Waals surface area contributed by atoms with Gasteiger partial charge in [0.15, 0.2) is 0 Å². The number of nitrogens with zero attached hydrogens (tertiary/aromatic N) is 2. The van der Waals surface area contributed by atoms with Crippen LogP contribution in [0.5, 0.6) is 0 Å². The highest BCUT2D eigenvalue weighted by atomic mass is 16.5. The quantitative estimate of drug-likeness (QED) is 0.772. The van der Waals surface area contributed by atoms with E-state index in [0.717, 1.165) is 24.6 Å². The molecule has 0 saturated carbocycles. The Bertz CT molecular complexity index is 401. The molecule has 2 rings (SSSR count). The third-order valence-corrected chi connectivity index (χ3v) is 2.79. The molecule has 0 radical (unpaired) electrons. The molecule has 1 aromatic rings. The maximum Gasteiger partial charge on any atom is 0.118 e. The minimum atomic E-state index is -0.309. The molecule has 1 aliphatic rings. The molecule has 0 bridgehead atoms. The zero-order valence-electron chi connectivity index (χ0n) is 9.69. The van der Waals surface area contributed by atoms with Crippen molar-refractivity contribution in [1.29, 1.82) is 5.26 Å². The first-order chi connectivity index (χ1) is 7.63. The molecule has 2 heterocycles. The lowest BCUT2D eigenvalue weighted by molar-refractivity contribution is -0.0899. The molecule has 0 aliphatic carbocycles. The van der Waals surface area contributed by atoms with E-state index < -0.39 is 0 Å². The topological polar surface area (TPSA) is 49.4 Å². The minimum Gasteiger partial charge on any atom is -0.465 e. The van der Waals surface area contributed by atoms with Crippen LogP contribution in [0, 0.1) is 23.7 Å². The monoisotopic (exact) mass is 220 g/mol. The van der Waals surface area contributed by atoms with Crippen LogP contribution in [0.25, 0.3) is 0 Å². The van der Waals surface area contributed by atoms with E-state index in [0.29, 0.717) is 13.2 Å². The predicted octanol–water partition coefficient (Wildman–Crippen LogP) is 1.56. The Hall–Kier alpha value is -1.31. The molecule has 4 heteroatoms. The minimum absolute atomic E-state index is 0.309. The third kappa shape index (κ3) is 2.26. The van der Waals surface area contributed by atoms with Gasteiger partial charge in [0.25, 0.3) is 0 Å². The summed E-state index contributed by atoms with van der Waals surface area (Å²) in [4.78, 5) is 2.10. The number of aryl methyl sites for hydroxylation is 1. The Morgan fingerprint density at radius 2 is 2.25 bits per heavy atom. The normalized spacial score (nSPS) is 18.1. The summed E-state index contributed by atoms with van der Waals surface area (Å²) in [7, 11) is 2.00. The standard InChI is InChI=1S/C12H16N2O2/c1-10-3-4-11(16-10)5-14(2)7-12(6-13)8-15-9-12/h3-4H,5,7-9H2,1-2H3. The molecule has 4 nitrogen and oxygen atoms in total. The predicted molar refractivity (Wildman–Crippen MR) is 58.6 cm³/mol. The van der Waals surface area contributed by atoms with Crippen LogP contribution in [0.1, 0.15) is 11.5 Å². The van der Waals surface area contributed by atoms with E-state index in [1.54, 1.807) is 0 Å². The van der Waals surface area contributed by atoms with Gasteiger partial charge in [-0.2, -0.15) is 5.26 Å². The fourth-order valence-electron chi connectivity index (χ4n) is 1.95. The SMILES string of the molecule is Cc1ccc(CN(C)CC2(C#N)COC2)o1. The van der Waals surface area contributed by atoms with E-state index >= 15 is 0 Å². The Labute approximate surface area is 95.4 Å². The Balaban J connectivity index is 1.89. The largest absolute Gasteiger partial charge is 0.465 e. The summed E-state index contributed by atoms with van der Waals surface area (Å²) in [6.45, 7) is 4.48. The number of nitriles is 1. The van der Waals surface area contributed by atoms with Crippen LogP contribution < -0.4 is 0 Å². The molecule has 0 spiro atoms. The van der Waals surface area contributed by atoms with Crippen LogP contribution in [0.4, 0.5) is 0 Å². The summed E-state index contributed by atoms with van der Waals surface area (Å²) in [5.74, 6) is 1.86. The van der Waals surface area contributed by atoms with Crippen LogP contribution in [0.2, 0.25) is 0 Å². The van der Waals surface area contributed by atoms with Crippen LogP contribution in [-0.2, 0) is 11.3 Å². The highest BCUT2D eigenvalue weighted by molar-refractivity contribution is 5.08. The van der Waals surface area contributed by atoms with Gasteiger partial charge in [-0.25, -0.2) is 0 Å². The fourth-order valence-corrected chi connectivity index (χ4v) is 1.95. The second-order valence-electron chi connectivity index (χ2n) is 4.57. The molecular formula is C12H16N2O2. The van der Waals surface area contributed by atoms with Gasteiger partial charge in [0.2, 0.25) is 0 Å². The van der Waals surface area contributed by atoms with Crippen molar-refractivity contribution in [2.75, 3.05) is 26.8 Å². The van der Waals surface area contributed by atoms with Gasteiger partial charge in [-0.1, -0.05) is 0 Å². The van der Waals surface area contributed by atoms with Crippen molar-refractivity contribution in [2.24, 2.45) is 5.41 Å². The average molecular weight is 220 g/mol. The fraction of sp³-hybridized carbons (Fsp3) is 0.583. The average Bonchev–Trinajstić information content (AvgIpc) is 2.57. The Kier molecular flexibility index (Phi) is 2.99. The van der Waals surface area contributed by atoms with E-state index in [1.165, 1.54) is 0 Å². The molecule has 0 amide bonds. The van der Waals surface area contributed by atoms with Crippen molar-refractivity contribution < 1.29 is 9.15 Å². The summed E-state index contributed by atoms with van der Waals surface area (Å²) in [6, 6.07) is 6.27. The molecule has 1 aromatic heterocycles. The Morgan fingerprint density at radius 3 is 2.69 bits per heavy atom. The van der Waals surface area contributed by atoms with Crippen LogP contribution in [0.3, 0.4) is 0 Å². The summed E-state index contributed by atoms with van der Waals surface area (Å²) in [5, 5.41) is 9.08. The number of hydrogen-bond donors (Lipinski definition) is 0. The van der Waals surface area contributed by atoms with Crippen molar-refractivity contribution in [2.45, 2.75) is 13.5 Å². The second kappa shape index (κ2) is 4.28. The summed E-state index contributed by atoms with van der Waals surface area (Å²) in [6.07, 6.45) is 0. The molecular weight excluding hydrogens is 204 g/mol. The van der Waals surface area contributed by atoms with Crippen molar-refractivity contribution in [1.82, 2.24) is 4.90 Å². The van der Waals surface area contributed by atoms with Crippen LogP contribution in [-0.4, -0.2) is 31.7 Å². The first-order valence-electron chi connectivity index (χ1n) is 5.36. The van der Waals surface area contributed by atoms with E-state index in [2.05, 4.69) is 11.0 Å². The molecule has 1 saturated heterocycles. The highest BCUT2D eigenvalue weighted by Gasteiger charge is 2.39. The van der Waals surface area contributed by atoms with Crippen LogP contribution in [0.15, 0.2) is 16.5 Å². The van der Waals surface area contributed by atoms with Gasteiger partial charge in [0.1, 0.15) is 16.9 Å². The lowest BCUT2D eigenvalue weighted by atomic mass is 9.87. The second-order valence-corrected chi connectivity index (χ2v) is 4.57. The Morgan fingerprint density at radius 1 is 1.50 bits per heavy atom. The molecule has 1 fully saturated rings. The summed E-state index contributed by atoms with van der Waals surface area (Å²) < 4.78 is 10.6. The van der Waals surface area contributed by atoms with Crippen molar-refractivity contribution in [3.8, 4) is 6.07 Å². The molecule has 86 valence electrons. The van der Waals surface area contributed by atoms with Gasteiger partial charge in [-0.15, -0.1) is 0 Å². The van der Waals surface area contributed by atoms with Crippen molar-refractivity contribution in [3.63, 3.8) is 0 Å². The maximum absolute atomic E-state index is 9.08. The lowest BCUT2D eigenvalue weighted by Crippen LogP contribution is -2.48. The molecule has 0 N–H and O–H groups in total. The summed E-state index contributed by atoms with van der Waals surface area (Å²) in [5.41, 5.74) is -0.309. The smallest absolute Gasteiger partial charge is 0.118 e. The maximum atomic E-state index is 9.08. The van der Waals surface area contributed by atoms with Crippen LogP contribution >= 0.6 is 0 Å². The van der Waals surface area contributed by atoms with Gasteiger partial charge in [-0.05, 0) is 26.1 Å². The number of rotatable bonds is 4. The van der Waals surface area contributed by atoms with E-state index in [-0.39, 0.29) is 5.41 Å². The van der Waals surface area contributed by atoms with Crippen molar-refractivity contribution in [3.05, 3.63) is 23.7 Å². The van der Waals surface area contributed by atoms with Gasteiger partial charge >= 0.3 is 0 Å². The first kappa shape index (κ1) is 11.2. The molecule has 16 heavy (non-hydrogen) atoms.